The average Bonchev–Trinajstić information content (AvgIpc) is 2.71. The zero-order valence-corrected chi connectivity index (χ0v) is 19.1. The molecule has 0 spiro atoms. The zero-order valence-electron chi connectivity index (χ0n) is 19.1. The Hall–Kier alpha value is -3.40. The van der Waals surface area contributed by atoms with Gasteiger partial charge in [0, 0.05) is 27.7 Å². The number of ether oxygens (including phenoxy) is 5. The molecule has 1 aromatic carbocycles. The molecule has 10 heteroatoms. The highest BCUT2D eigenvalue weighted by molar-refractivity contribution is 5.73. The van der Waals surface area contributed by atoms with Crippen LogP contribution in [0.25, 0.3) is 0 Å². The van der Waals surface area contributed by atoms with Gasteiger partial charge in [0.1, 0.15) is 24.5 Å². The summed E-state index contributed by atoms with van der Waals surface area (Å²) in [7, 11) is 0. The molecule has 1 N–H and O–H groups in total. The number of rotatable bonds is 9. The predicted octanol–water partition coefficient (Wildman–Crippen LogP) is 1.45. The number of carbonyl (C=O) groups is 4. The van der Waals surface area contributed by atoms with Crippen molar-refractivity contribution in [1.82, 2.24) is 5.32 Å². The van der Waals surface area contributed by atoms with Crippen LogP contribution >= 0.6 is 0 Å². The van der Waals surface area contributed by atoms with Gasteiger partial charge in [0.15, 0.2) is 12.2 Å². The minimum absolute atomic E-state index is 0.300. The Morgan fingerprint density at radius 1 is 1.00 bits per heavy atom. The van der Waals surface area contributed by atoms with Gasteiger partial charge in [-0.3, -0.25) is 19.2 Å². The Balaban J connectivity index is 2.49. The highest BCUT2D eigenvalue weighted by Gasteiger charge is 2.52. The number of hydrogen-bond donors (Lipinski definition) is 1. The number of esters is 3. The standard InChI is InChI=1S/C23H29NO9/c1-6-9-17-10-7-8-11-18(17)32-23-20(24-13(2)25)22(31-16(5)28)21(30-15(4)27)19(33-23)12-29-14(3)26/h6-8,10-11,19-23H,1,9,12H2,2-5H3,(H,24,25)/t19-,20-,21+,22-,23-/m1/s1. The minimum Gasteiger partial charge on any atom is -0.463 e. The second-order valence-electron chi connectivity index (χ2n) is 7.44. The van der Waals surface area contributed by atoms with Crippen LogP contribution in [0.3, 0.4) is 0 Å². The van der Waals surface area contributed by atoms with E-state index in [2.05, 4.69) is 11.9 Å². The predicted molar refractivity (Wildman–Crippen MR) is 115 cm³/mol. The molecule has 0 bridgehead atoms. The fourth-order valence-electron chi connectivity index (χ4n) is 3.46. The van der Waals surface area contributed by atoms with Crippen molar-refractivity contribution in [2.75, 3.05) is 6.61 Å². The van der Waals surface area contributed by atoms with Crippen molar-refractivity contribution >= 4 is 23.8 Å². The number of benzene rings is 1. The van der Waals surface area contributed by atoms with E-state index < -0.39 is 54.5 Å². The van der Waals surface area contributed by atoms with E-state index in [1.165, 1.54) is 27.7 Å². The first-order chi connectivity index (χ1) is 15.6. The van der Waals surface area contributed by atoms with Crippen molar-refractivity contribution in [3.63, 3.8) is 0 Å². The molecule has 33 heavy (non-hydrogen) atoms. The highest BCUT2D eigenvalue weighted by atomic mass is 16.7. The summed E-state index contributed by atoms with van der Waals surface area (Å²) in [4.78, 5) is 47.1. The molecule has 10 nitrogen and oxygen atoms in total. The molecule has 1 saturated heterocycles. The van der Waals surface area contributed by atoms with Gasteiger partial charge in [0.25, 0.3) is 0 Å². The third kappa shape index (κ3) is 7.60. The summed E-state index contributed by atoms with van der Waals surface area (Å²) in [6.45, 7) is 8.29. The van der Waals surface area contributed by atoms with Gasteiger partial charge in [-0.1, -0.05) is 24.3 Å². The summed E-state index contributed by atoms with van der Waals surface area (Å²) >= 11 is 0. The molecular weight excluding hydrogens is 434 g/mol. The summed E-state index contributed by atoms with van der Waals surface area (Å²) in [5, 5.41) is 2.66. The van der Waals surface area contributed by atoms with Crippen LogP contribution in [0.1, 0.15) is 33.3 Å². The van der Waals surface area contributed by atoms with E-state index in [1.807, 2.05) is 12.1 Å². The molecule has 1 fully saturated rings. The molecule has 0 saturated carbocycles. The zero-order chi connectivity index (χ0) is 24.5. The maximum Gasteiger partial charge on any atom is 0.303 e. The van der Waals surface area contributed by atoms with Gasteiger partial charge in [-0.2, -0.15) is 0 Å². The third-order valence-electron chi connectivity index (χ3n) is 4.65. The third-order valence-corrected chi connectivity index (χ3v) is 4.65. The van der Waals surface area contributed by atoms with Crippen LogP contribution < -0.4 is 10.1 Å². The molecule has 2 rings (SSSR count). The lowest BCUT2D eigenvalue weighted by atomic mass is 9.96. The second-order valence-corrected chi connectivity index (χ2v) is 7.44. The van der Waals surface area contributed by atoms with Crippen molar-refractivity contribution in [2.24, 2.45) is 0 Å². The first-order valence-electron chi connectivity index (χ1n) is 10.4. The van der Waals surface area contributed by atoms with Gasteiger partial charge in [0.05, 0.1) is 0 Å². The van der Waals surface area contributed by atoms with Gasteiger partial charge in [-0.15, -0.1) is 6.58 Å². The molecular formula is C23H29NO9. The molecule has 1 aliphatic heterocycles. The molecule has 0 aromatic heterocycles. The molecule has 0 radical (unpaired) electrons. The molecule has 1 amide bonds. The van der Waals surface area contributed by atoms with Crippen molar-refractivity contribution in [3.05, 3.63) is 42.5 Å². The Bertz CT molecular complexity index is 884. The maximum atomic E-state index is 12.0. The molecule has 1 aliphatic rings. The SMILES string of the molecule is C=CCc1ccccc1O[C@@H]1O[C@H](COC(C)=O)[C@H](OC(C)=O)[C@H](OC(C)=O)[C@H]1NC(C)=O. The van der Waals surface area contributed by atoms with Gasteiger partial charge in [-0.05, 0) is 18.1 Å². The lowest BCUT2D eigenvalue weighted by molar-refractivity contribution is -0.257. The fourth-order valence-corrected chi connectivity index (χ4v) is 3.46. The van der Waals surface area contributed by atoms with Crippen molar-refractivity contribution in [3.8, 4) is 5.75 Å². The quantitative estimate of drug-likeness (QED) is 0.329. The summed E-state index contributed by atoms with van der Waals surface area (Å²) in [5.74, 6) is -1.93. The van der Waals surface area contributed by atoms with Gasteiger partial charge in [-0.25, -0.2) is 0 Å². The Morgan fingerprint density at radius 2 is 1.64 bits per heavy atom. The van der Waals surface area contributed by atoms with E-state index in [9.17, 15) is 19.2 Å². The first kappa shape index (κ1) is 25.9. The second kappa shape index (κ2) is 12.0. The van der Waals surface area contributed by atoms with Crippen LogP contribution in [0, 0.1) is 0 Å². The van der Waals surface area contributed by atoms with E-state index in [1.54, 1.807) is 18.2 Å². The average molecular weight is 463 g/mol. The molecule has 180 valence electrons. The van der Waals surface area contributed by atoms with E-state index in [0.717, 1.165) is 5.56 Å². The number of carbonyl (C=O) groups excluding carboxylic acids is 4. The molecule has 1 aromatic rings. The summed E-state index contributed by atoms with van der Waals surface area (Å²) in [5.41, 5.74) is 0.806. The van der Waals surface area contributed by atoms with Crippen molar-refractivity contribution < 1.29 is 42.9 Å². The van der Waals surface area contributed by atoms with E-state index in [-0.39, 0.29) is 6.61 Å². The van der Waals surface area contributed by atoms with E-state index >= 15 is 0 Å². The van der Waals surface area contributed by atoms with Gasteiger partial charge >= 0.3 is 17.9 Å². The number of allylic oxidation sites excluding steroid dienone is 1. The van der Waals surface area contributed by atoms with Crippen LogP contribution in [0.2, 0.25) is 0 Å². The number of nitrogens with one attached hydrogen (secondary N) is 1. The smallest absolute Gasteiger partial charge is 0.303 e. The Labute approximate surface area is 192 Å². The Kier molecular flexibility index (Phi) is 9.41. The molecule has 5 atom stereocenters. The molecule has 0 unspecified atom stereocenters. The monoisotopic (exact) mass is 463 g/mol. The van der Waals surface area contributed by atoms with Crippen molar-refractivity contribution in [2.45, 2.75) is 64.8 Å². The van der Waals surface area contributed by atoms with Crippen LogP contribution in [-0.4, -0.2) is 61.1 Å². The number of amides is 1. The fraction of sp³-hybridized carbons (Fsp3) is 0.478. The lowest BCUT2D eigenvalue weighted by Crippen LogP contribution is -2.67. The summed E-state index contributed by atoms with van der Waals surface area (Å²) < 4.78 is 28.0. The lowest BCUT2D eigenvalue weighted by Gasteiger charge is -2.44. The van der Waals surface area contributed by atoms with E-state index in [4.69, 9.17) is 23.7 Å². The topological polar surface area (TPSA) is 126 Å². The maximum absolute atomic E-state index is 12.0. The van der Waals surface area contributed by atoms with Crippen LogP contribution in [-0.2, 0) is 44.5 Å². The van der Waals surface area contributed by atoms with Gasteiger partial charge in [0.2, 0.25) is 12.2 Å². The van der Waals surface area contributed by atoms with E-state index in [0.29, 0.717) is 12.2 Å². The number of para-hydroxylation sites is 1. The first-order valence-corrected chi connectivity index (χ1v) is 10.4. The van der Waals surface area contributed by atoms with Crippen LogP contribution in [0.15, 0.2) is 36.9 Å². The van der Waals surface area contributed by atoms with Crippen LogP contribution in [0.5, 0.6) is 5.75 Å². The van der Waals surface area contributed by atoms with Crippen molar-refractivity contribution in [1.29, 1.82) is 0 Å². The minimum atomic E-state index is -1.18. The normalized spacial score (nSPS) is 24.2. The van der Waals surface area contributed by atoms with Crippen LogP contribution in [0.4, 0.5) is 0 Å². The highest BCUT2D eigenvalue weighted by Crippen LogP contribution is 2.30. The summed E-state index contributed by atoms with van der Waals surface area (Å²) in [6.07, 6.45) is -2.35. The molecule has 1 heterocycles. The Morgan fingerprint density at radius 3 is 2.21 bits per heavy atom. The number of hydrogen-bond acceptors (Lipinski definition) is 9. The van der Waals surface area contributed by atoms with Gasteiger partial charge < -0.3 is 29.0 Å². The molecule has 0 aliphatic carbocycles. The largest absolute Gasteiger partial charge is 0.463 e. The summed E-state index contributed by atoms with van der Waals surface area (Å²) in [6, 6.07) is 6.11.